The van der Waals surface area contributed by atoms with Crippen LogP contribution in [0.5, 0.6) is 0 Å². The van der Waals surface area contributed by atoms with Gasteiger partial charge in [0, 0.05) is 55.0 Å². The van der Waals surface area contributed by atoms with Gasteiger partial charge in [-0.1, -0.05) is 36.2 Å². The SMILES string of the molecule is C[C@@H](Cc1ccc(N)c(C(=N)c2cnc(N3CC(C)(N(C)CC4CC4)C3)c(F)c2)c1)c1c(Cl)cncc1Cl. The molecule has 0 amide bonds. The van der Waals surface area contributed by atoms with E-state index in [2.05, 4.69) is 28.8 Å². The maximum Gasteiger partial charge on any atom is 0.166 e. The third kappa shape index (κ3) is 5.37. The smallest absolute Gasteiger partial charge is 0.166 e. The first-order valence-corrected chi connectivity index (χ1v) is 13.7. The lowest BCUT2D eigenvalue weighted by atomic mass is 9.89. The highest BCUT2D eigenvalue weighted by Crippen LogP contribution is 2.37. The summed E-state index contributed by atoms with van der Waals surface area (Å²) in [5.41, 5.74) is 9.58. The zero-order chi connectivity index (χ0) is 27.2. The van der Waals surface area contributed by atoms with Crippen LogP contribution in [-0.2, 0) is 6.42 Å². The molecule has 0 spiro atoms. The molecule has 38 heavy (non-hydrogen) atoms. The molecule has 1 atom stereocenters. The van der Waals surface area contributed by atoms with Gasteiger partial charge in [0.2, 0.25) is 0 Å². The van der Waals surface area contributed by atoms with Gasteiger partial charge in [-0.2, -0.15) is 0 Å². The van der Waals surface area contributed by atoms with Crippen molar-refractivity contribution in [3.8, 4) is 0 Å². The maximum absolute atomic E-state index is 15.2. The second-order valence-corrected chi connectivity index (χ2v) is 11.9. The summed E-state index contributed by atoms with van der Waals surface area (Å²) in [4.78, 5) is 12.8. The van der Waals surface area contributed by atoms with E-state index in [1.165, 1.54) is 18.9 Å². The minimum absolute atomic E-state index is 0.0209. The summed E-state index contributed by atoms with van der Waals surface area (Å²) in [6.07, 6.45) is 8.00. The number of anilines is 2. The average molecular weight is 556 g/mol. The quantitative estimate of drug-likeness (QED) is 0.243. The van der Waals surface area contributed by atoms with Gasteiger partial charge in [0.05, 0.1) is 21.3 Å². The van der Waals surface area contributed by atoms with Crippen LogP contribution in [0.2, 0.25) is 10.0 Å². The lowest BCUT2D eigenvalue weighted by Crippen LogP contribution is -2.68. The highest BCUT2D eigenvalue weighted by atomic mass is 35.5. The Morgan fingerprint density at radius 1 is 1.21 bits per heavy atom. The standard InChI is InChI=1S/C29H33Cl2FN6/c1-17(26-22(30)12-35-13-23(26)31)8-19-6-7-25(33)21(9-19)27(34)20-10-24(32)28(36-11-20)38-15-29(2,16-38)37(3)14-18-4-5-18/h6-7,9-13,17-18,34H,4-5,8,14-16,33H2,1-3H3/t17-/m0/s1. The van der Waals surface area contributed by atoms with Crippen molar-refractivity contribution >= 4 is 40.4 Å². The van der Waals surface area contributed by atoms with Gasteiger partial charge in [-0.15, -0.1) is 0 Å². The number of benzene rings is 1. The fourth-order valence-corrected chi connectivity index (χ4v) is 6.06. The van der Waals surface area contributed by atoms with Crippen LogP contribution < -0.4 is 10.6 Å². The maximum atomic E-state index is 15.2. The van der Waals surface area contributed by atoms with Gasteiger partial charge in [-0.3, -0.25) is 15.3 Å². The van der Waals surface area contributed by atoms with Crippen molar-refractivity contribution < 1.29 is 4.39 Å². The molecule has 1 saturated heterocycles. The number of hydrogen-bond acceptors (Lipinski definition) is 6. The number of nitrogen functional groups attached to an aromatic ring is 1. The van der Waals surface area contributed by atoms with E-state index in [-0.39, 0.29) is 17.2 Å². The predicted octanol–water partition coefficient (Wildman–Crippen LogP) is 6.19. The highest BCUT2D eigenvalue weighted by Gasteiger charge is 2.44. The van der Waals surface area contributed by atoms with E-state index < -0.39 is 5.82 Å². The van der Waals surface area contributed by atoms with Crippen molar-refractivity contribution in [2.45, 2.75) is 44.6 Å². The van der Waals surface area contributed by atoms with E-state index in [4.69, 9.17) is 34.3 Å². The summed E-state index contributed by atoms with van der Waals surface area (Å²) in [6.45, 7) is 6.82. The van der Waals surface area contributed by atoms with Crippen molar-refractivity contribution in [2.75, 3.05) is 37.3 Å². The highest BCUT2D eigenvalue weighted by molar-refractivity contribution is 6.35. The number of nitrogens with two attached hydrogens (primary N) is 1. The van der Waals surface area contributed by atoms with Crippen LogP contribution in [0.4, 0.5) is 15.9 Å². The van der Waals surface area contributed by atoms with Crippen molar-refractivity contribution in [1.82, 2.24) is 14.9 Å². The number of aromatic nitrogens is 2. The van der Waals surface area contributed by atoms with Gasteiger partial charge in [-0.25, -0.2) is 9.37 Å². The first-order valence-electron chi connectivity index (χ1n) is 12.9. The molecule has 0 radical (unpaired) electrons. The molecule has 1 aliphatic heterocycles. The van der Waals surface area contributed by atoms with E-state index in [0.29, 0.717) is 39.1 Å². The number of likely N-dealkylation sites (N-methyl/N-ethyl adjacent to an activating group) is 1. The molecule has 1 aliphatic carbocycles. The number of rotatable bonds is 9. The Morgan fingerprint density at radius 3 is 2.53 bits per heavy atom. The van der Waals surface area contributed by atoms with Gasteiger partial charge in [0.15, 0.2) is 11.6 Å². The monoisotopic (exact) mass is 554 g/mol. The Balaban J connectivity index is 1.30. The van der Waals surface area contributed by atoms with Gasteiger partial charge in [-0.05, 0) is 74.4 Å². The Hall–Kier alpha value is -2.74. The van der Waals surface area contributed by atoms with Gasteiger partial charge in [0.25, 0.3) is 0 Å². The Bertz CT molecular complexity index is 1350. The molecule has 3 aromatic rings. The number of halogens is 3. The van der Waals surface area contributed by atoms with Gasteiger partial charge < -0.3 is 10.6 Å². The average Bonchev–Trinajstić information content (AvgIpc) is 3.67. The van der Waals surface area contributed by atoms with E-state index in [1.54, 1.807) is 24.7 Å². The van der Waals surface area contributed by atoms with Crippen molar-refractivity contribution in [3.05, 3.63) is 81.0 Å². The fraction of sp³-hybridized carbons (Fsp3) is 0.414. The summed E-state index contributed by atoms with van der Waals surface area (Å²) >= 11 is 12.7. The minimum atomic E-state index is -0.426. The molecule has 0 unspecified atom stereocenters. The summed E-state index contributed by atoms with van der Waals surface area (Å²) in [5.74, 6) is 0.740. The van der Waals surface area contributed by atoms with E-state index in [0.717, 1.165) is 36.7 Å². The predicted molar refractivity (Wildman–Crippen MR) is 153 cm³/mol. The molecule has 6 nitrogen and oxygen atoms in total. The lowest BCUT2D eigenvalue weighted by molar-refractivity contribution is 0.0972. The topological polar surface area (TPSA) is 82.1 Å². The summed E-state index contributed by atoms with van der Waals surface area (Å²) < 4.78 is 15.2. The lowest BCUT2D eigenvalue weighted by Gasteiger charge is -2.53. The molecule has 3 heterocycles. The van der Waals surface area contributed by atoms with Crippen molar-refractivity contribution in [3.63, 3.8) is 0 Å². The van der Waals surface area contributed by atoms with E-state index in [1.807, 2.05) is 24.0 Å². The fourth-order valence-electron chi connectivity index (χ4n) is 5.33. The first-order chi connectivity index (χ1) is 18.1. The van der Waals surface area contributed by atoms with Crippen LogP contribution in [0.15, 0.2) is 42.9 Å². The summed E-state index contributed by atoms with van der Waals surface area (Å²) in [5, 5.41) is 9.83. The molecule has 5 rings (SSSR count). The van der Waals surface area contributed by atoms with Crippen LogP contribution in [0.1, 0.15) is 54.9 Å². The van der Waals surface area contributed by atoms with Gasteiger partial charge in [0.1, 0.15) is 0 Å². The molecule has 3 N–H and O–H groups in total. The second kappa shape index (κ2) is 10.4. The van der Waals surface area contributed by atoms with Crippen LogP contribution in [0.3, 0.4) is 0 Å². The molecule has 1 aromatic carbocycles. The molecular formula is C29H33Cl2FN6. The van der Waals surface area contributed by atoms with Crippen LogP contribution in [0, 0.1) is 17.1 Å². The van der Waals surface area contributed by atoms with E-state index >= 15 is 4.39 Å². The van der Waals surface area contributed by atoms with Crippen LogP contribution in [-0.4, -0.2) is 52.8 Å². The Morgan fingerprint density at radius 2 is 1.89 bits per heavy atom. The summed E-state index contributed by atoms with van der Waals surface area (Å²) in [6, 6.07) is 6.96. The van der Waals surface area contributed by atoms with Gasteiger partial charge >= 0.3 is 0 Å². The minimum Gasteiger partial charge on any atom is -0.398 e. The Kier molecular flexibility index (Phi) is 7.37. The van der Waals surface area contributed by atoms with Crippen LogP contribution in [0.25, 0.3) is 0 Å². The molecule has 1 saturated carbocycles. The third-order valence-corrected chi connectivity index (χ3v) is 8.54. The number of nitrogens with one attached hydrogen (secondary N) is 1. The Labute approximate surface area is 233 Å². The van der Waals surface area contributed by atoms with Crippen molar-refractivity contribution in [1.29, 1.82) is 5.41 Å². The zero-order valence-electron chi connectivity index (χ0n) is 21.9. The first kappa shape index (κ1) is 26.9. The van der Waals surface area contributed by atoms with Crippen LogP contribution >= 0.6 is 23.2 Å². The normalized spacial score (nSPS) is 17.4. The number of nitrogens with zero attached hydrogens (tertiary/aromatic N) is 4. The molecule has 200 valence electrons. The molecule has 2 fully saturated rings. The number of hydrogen-bond donors (Lipinski definition) is 2. The summed E-state index contributed by atoms with van der Waals surface area (Å²) in [7, 11) is 2.16. The number of pyridine rings is 2. The molecule has 0 bridgehead atoms. The molecule has 9 heteroatoms. The second-order valence-electron chi connectivity index (χ2n) is 11.1. The molecule has 2 aromatic heterocycles. The molecular weight excluding hydrogens is 522 g/mol. The van der Waals surface area contributed by atoms with Crippen molar-refractivity contribution in [2.24, 2.45) is 5.92 Å². The zero-order valence-corrected chi connectivity index (χ0v) is 23.5. The molecule has 2 aliphatic rings. The largest absolute Gasteiger partial charge is 0.398 e. The third-order valence-electron chi connectivity index (χ3n) is 7.94. The van der Waals surface area contributed by atoms with E-state index in [9.17, 15) is 0 Å².